The van der Waals surface area contributed by atoms with Gasteiger partial charge in [0.15, 0.2) is 0 Å². The van der Waals surface area contributed by atoms with Crippen LogP contribution < -0.4 is 0 Å². The van der Waals surface area contributed by atoms with Gasteiger partial charge in [0.05, 0.1) is 6.61 Å². The van der Waals surface area contributed by atoms with Gasteiger partial charge >= 0.3 is 5.95 Å². The molecule has 17 heavy (non-hydrogen) atoms. The van der Waals surface area contributed by atoms with Crippen LogP contribution in [0, 0.1) is 10.1 Å². The Morgan fingerprint density at radius 1 is 1.71 bits per heavy atom. The summed E-state index contributed by atoms with van der Waals surface area (Å²) < 4.78 is 13.2. The molecule has 1 aromatic rings. The van der Waals surface area contributed by atoms with E-state index in [4.69, 9.17) is 11.3 Å². The van der Waals surface area contributed by atoms with Crippen LogP contribution in [0.2, 0.25) is 0 Å². The van der Waals surface area contributed by atoms with E-state index in [9.17, 15) is 15.2 Å². The molecule has 0 radical (unpaired) electrons. The lowest BCUT2D eigenvalue weighted by atomic mass is 10.1. The Kier molecular flexibility index (Phi) is 2.73. The Labute approximate surface area is 96.5 Å². The lowest BCUT2D eigenvalue weighted by Crippen LogP contribution is -2.33. The molecule has 0 amide bonds. The minimum Gasteiger partial charge on any atom is -0.394 e. The van der Waals surface area contributed by atoms with Crippen molar-refractivity contribution < 1.29 is 25.0 Å². The first-order chi connectivity index (χ1) is 8.60. The van der Waals surface area contributed by atoms with E-state index in [2.05, 4.69) is 10.1 Å². The number of nitro groups is 1. The van der Waals surface area contributed by atoms with Crippen molar-refractivity contribution in [2.24, 2.45) is 0 Å². The van der Waals surface area contributed by atoms with Crippen LogP contribution in [0.5, 0.6) is 0 Å². The van der Waals surface area contributed by atoms with Gasteiger partial charge in [-0.05, 0) is 4.92 Å². The molecule has 1 aliphatic heterocycles. The Morgan fingerprint density at radius 2 is 2.47 bits per heavy atom. The van der Waals surface area contributed by atoms with E-state index < -0.39 is 42.0 Å². The summed E-state index contributed by atoms with van der Waals surface area (Å²) in [6.07, 6.45) is -1.97. The maximum atomic E-state index is 10.7. The van der Waals surface area contributed by atoms with Gasteiger partial charge in [-0.3, -0.25) is 0 Å². The van der Waals surface area contributed by atoms with Crippen LogP contribution in [-0.4, -0.2) is 56.1 Å². The predicted octanol–water partition coefficient (Wildman–Crippen LogP) is -1.60. The maximum Gasteiger partial charge on any atom is 0.436 e. The van der Waals surface area contributed by atoms with Crippen LogP contribution in [-0.2, 0) is 4.74 Å². The molecule has 9 heteroatoms. The van der Waals surface area contributed by atoms with Crippen molar-refractivity contribution in [3.63, 3.8) is 0 Å². The second-order valence-corrected chi connectivity index (χ2v) is 3.59. The number of aromatic nitrogens is 2. The summed E-state index contributed by atoms with van der Waals surface area (Å²) >= 11 is 0. The zero-order chi connectivity index (χ0) is 13.3. The quantitative estimate of drug-likeness (QED) is 0.430. The molecule has 4 atom stereocenters. The van der Waals surface area contributed by atoms with Gasteiger partial charge in [-0.1, -0.05) is 4.98 Å². The van der Waals surface area contributed by atoms with Crippen LogP contribution in [0.1, 0.15) is 6.23 Å². The highest BCUT2D eigenvalue weighted by Gasteiger charge is 2.46. The summed E-state index contributed by atoms with van der Waals surface area (Å²) in [6, 6.07) is 0. The molecule has 0 aromatic carbocycles. The van der Waals surface area contributed by atoms with Crippen molar-refractivity contribution in [3.05, 3.63) is 22.5 Å². The molecule has 9 nitrogen and oxygen atoms in total. The third-order valence-corrected chi connectivity index (χ3v) is 2.58. The van der Waals surface area contributed by atoms with Gasteiger partial charge in [0.2, 0.25) is 7.66 Å². The Hall–Kier alpha value is -1.55. The summed E-state index contributed by atoms with van der Waals surface area (Å²) in [4.78, 5) is 13.5. The van der Waals surface area contributed by atoms with E-state index >= 15 is 0 Å². The molecule has 1 fully saturated rings. The van der Waals surface area contributed by atoms with E-state index in [-0.39, 0.29) is 0 Å². The number of hydrogen-bond donors (Lipinski definition) is 3. The standard InChI is InChI=1S/C8H11N3O6/c12-3-4-5(13)6(14)7(17-4)10-2-1-9-8(10)11(15)16/h1-2,4-7,12-14H,3H2/t4-,5-,6+,7?/m1/s1/i14D. The first-order valence-electron chi connectivity index (χ1n) is 5.24. The minimum absolute atomic E-state index is 0.486. The number of nitrogens with zero attached hydrogens (tertiary/aromatic N) is 3. The number of rotatable bonds is 4. The number of ether oxygens (including phenoxy) is 1. The molecule has 1 aromatic heterocycles. The first kappa shape index (κ1) is 10.6. The second kappa shape index (κ2) is 4.37. The van der Waals surface area contributed by atoms with Gasteiger partial charge in [-0.2, -0.15) is 4.57 Å². The SMILES string of the molecule is [2H]O[C@@H]1C(n2ccnc2[N+](=O)[O-])O[C@H](CO)[C@H]1O. The predicted molar refractivity (Wildman–Crippen MR) is 51.9 cm³/mol. The molecule has 2 heterocycles. The summed E-state index contributed by atoms with van der Waals surface area (Å²) in [5.41, 5.74) is 0. The van der Waals surface area contributed by atoms with Crippen molar-refractivity contribution in [1.29, 1.82) is 1.43 Å². The molecule has 0 bridgehead atoms. The molecule has 0 saturated carbocycles. The zero-order valence-electron chi connectivity index (χ0n) is 9.54. The Bertz CT molecular complexity index is 440. The number of hydrogen-bond acceptors (Lipinski definition) is 7. The summed E-state index contributed by atoms with van der Waals surface area (Å²) in [5.74, 6) is -0.493. The summed E-state index contributed by atoms with van der Waals surface area (Å²) in [6.45, 7) is -0.486. The molecule has 1 saturated heterocycles. The normalized spacial score (nSPS) is 33.6. The van der Waals surface area contributed by atoms with Gasteiger partial charge in [0.1, 0.15) is 30.7 Å². The second-order valence-electron chi connectivity index (χ2n) is 3.59. The molecule has 2 rings (SSSR count). The molecule has 94 valence electrons. The van der Waals surface area contributed by atoms with Crippen LogP contribution in [0.4, 0.5) is 5.95 Å². The topological polar surface area (TPSA) is 131 Å². The van der Waals surface area contributed by atoms with E-state index in [1.54, 1.807) is 0 Å². The molecular weight excluding hydrogens is 234 g/mol. The van der Waals surface area contributed by atoms with Crippen molar-refractivity contribution >= 4 is 5.95 Å². The fourth-order valence-corrected chi connectivity index (χ4v) is 1.74. The van der Waals surface area contributed by atoms with Gasteiger partial charge in [0.25, 0.3) is 0 Å². The van der Waals surface area contributed by atoms with Gasteiger partial charge < -0.3 is 30.2 Å². The molecule has 0 spiro atoms. The van der Waals surface area contributed by atoms with Crippen LogP contribution >= 0.6 is 0 Å². The lowest BCUT2D eigenvalue weighted by molar-refractivity contribution is -0.398. The van der Waals surface area contributed by atoms with Gasteiger partial charge in [-0.15, -0.1) is 0 Å². The largest absolute Gasteiger partial charge is 0.436 e. The highest BCUT2D eigenvalue weighted by molar-refractivity contribution is 5.09. The van der Waals surface area contributed by atoms with Crippen molar-refractivity contribution in [3.8, 4) is 0 Å². The van der Waals surface area contributed by atoms with E-state index in [0.29, 0.717) is 0 Å². The zero-order valence-corrected chi connectivity index (χ0v) is 8.54. The number of aliphatic hydroxyl groups excluding tert-OH is 3. The molecule has 0 aliphatic carbocycles. The highest BCUT2D eigenvalue weighted by atomic mass is 16.6. The number of imidazole rings is 1. The third-order valence-electron chi connectivity index (χ3n) is 2.58. The maximum absolute atomic E-state index is 10.7. The average Bonchev–Trinajstić information content (AvgIpc) is 2.92. The first-order valence-corrected chi connectivity index (χ1v) is 4.83. The molecular formula is C8H11N3O6. The highest BCUT2D eigenvalue weighted by Crippen LogP contribution is 2.31. The smallest absolute Gasteiger partial charge is 0.394 e. The van der Waals surface area contributed by atoms with Gasteiger partial charge in [-0.25, -0.2) is 0 Å². The fraction of sp³-hybridized carbons (Fsp3) is 0.625. The van der Waals surface area contributed by atoms with E-state index in [0.717, 1.165) is 4.57 Å². The van der Waals surface area contributed by atoms with Crippen molar-refractivity contribution in [2.45, 2.75) is 24.5 Å². The number of aliphatic hydroxyl groups is 3. The molecule has 3 N–H and O–H groups in total. The van der Waals surface area contributed by atoms with Crippen molar-refractivity contribution in [1.82, 2.24) is 9.55 Å². The fourth-order valence-electron chi connectivity index (χ4n) is 1.74. The summed E-state index contributed by atoms with van der Waals surface area (Å²) in [7, 11) is 0. The van der Waals surface area contributed by atoms with Crippen LogP contribution in [0.15, 0.2) is 12.4 Å². The van der Waals surface area contributed by atoms with E-state index in [1.165, 1.54) is 12.4 Å². The van der Waals surface area contributed by atoms with Crippen LogP contribution in [0.25, 0.3) is 0 Å². The molecule has 1 aliphatic rings. The van der Waals surface area contributed by atoms with Gasteiger partial charge in [0, 0.05) is 0 Å². The Balaban J connectivity index is 2.32. The third kappa shape index (κ3) is 1.89. The summed E-state index contributed by atoms with van der Waals surface area (Å²) in [5, 5.41) is 33.8. The van der Waals surface area contributed by atoms with Crippen molar-refractivity contribution in [2.75, 3.05) is 6.61 Å². The minimum atomic E-state index is -1.25. The van der Waals surface area contributed by atoms with E-state index in [1.807, 2.05) is 0 Å². The average molecular weight is 246 g/mol. The van der Waals surface area contributed by atoms with Crippen LogP contribution in [0.3, 0.4) is 0 Å². The monoisotopic (exact) mass is 246 g/mol. The molecule has 1 unspecified atom stereocenters. The lowest BCUT2D eigenvalue weighted by Gasteiger charge is -2.13. The Morgan fingerprint density at radius 3 is 3.06 bits per heavy atom.